The summed E-state index contributed by atoms with van der Waals surface area (Å²) in [5, 5.41) is 11.8. The predicted octanol–water partition coefficient (Wildman–Crippen LogP) is 0.566. The molecule has 0 bridgehead atoms. The third-order valence-corrected chi connectivity index (χ3v) is 3.27. The molecule has 0 radical (unpaired) electrons. The lowest BCUT2D eigenvalue weighted by Crippen LogP contribution is -2.47. The number of esters is 2. The van der Waals surface area contributed by atoms with Crippen molar-refractivity contribution in [1.82, 2.24) is 0 Å². The van der Waals surface area contributed by atoms with Crippen LogP contribution in [0.1, 0.15) is 22.3 Å². The van der Waals surface area contributed by atoms with Gasteiger partial charge in [0.2, 0.25) is 0 Å². The predicted molar refractivity (Wildman–Crippen MR) is 82.1 cm³/mol. The highest BCUT2D eigenvalue weighted by atomic mass is 16.5. The van der Waals surface area contributed by atoms with Crippen molar-refractivity contribution < 1.29 is 28.7 Å². The highest BCUT2D eigenvalue weighted by Gasteiger charge is 2.25. The summed E-state index contributed by atoms with van der Waals surface area (Å²) in [7, 11) is 5.69. The molecule has 1 aromatic rings. The highest BCUT2D eigenvalue weighted by molar-refractivity contribution is 6.02. The minimum atomic E-state index is -1.000. The van der Waals surface area contributed by atoms with Crippen molar-refractivity contribution in [2.24, 2.45) is 0 Å². The fourth-order valence-electron chi connectivity index (χ4n) is 2.37. The van der Waals surface area contributed by atoms with Gasteiger partial charge in [-0.1, -0.05) is 24.3 Å². The zero-order chi connectivity index (χ0) is 17.0. The maximum atomic E-state index is 11.8. The Morgan fingerprint density at radius 3 is 2.61 bits per heavy atom. The van der Waals surface area contributed by atoms with E-state index in [9.17, 15) is 14.7 Å². The molecule has 0 saturated carbocycles. The van der Waals surface area contributed by atoms with E-state index in [1.54, 1.807) is 24.3 Å². The number of carbonyl (C=O) groups excluding carboxylic acids is 2. The van der Waals surface area contributed by atoms with E-state index < -0.39 is 18.0 Å². The molecule has 1 heterocycles. The van der Waals surface area contributed by atoms with E-state index >= 15 is 0 Å². The molecule has 1 atom stereocenters. The van der Waals surface area contributed by atoms with Gasteiger partial charge in [-0.3, -0.25) is 4.79 Å². The van der Waals surface area contributed by atoms with Gasteiger partial charge in [-0.05, 0) is 12.1 Å². The standard InChI is InChI=1S/C17H21NO5/c1-18(2,3)11-12(19)10-16(20)22-9-8-15-13-6-4-5-7-14(13)17(21)23-15/h4-8,12H,9-11H2,1-3H3/b15-8-. The largest absolute Gasteiger partial charge is 0.848 e. The molecule has 1 unspecified atom stereocenters. The number of likely N-dealkylation sites (N-methyl/N-ethyl adjacent to an activating group) is 1. The summed E-state index contributed by atoms with van der Waals surface area (Å²) >= 11 is 0. The first-order valence-electron chi connectivity index (χ1n) is 7.40. The van der Waals surface area contributed by atoms with Crippen molar-refractivity contribution in [3.05, 3.63) is 41.5 Å². The lowest BCUT2D eigenvalue weighted by molar-refractivity contribution is -0.880. The molecule has 0 aromatic heterocycles. The van der Waals surface area contributed by atoms with Crippen molar-refractivity contribution in [3.8, 4) is 0 Å². The average molecular weight is 319 g/mol. The van der Waals surface area contributed by atoms with E-state index in [4.69, 9.17) is 9.47 Å². The van der Waals surface area contributed by atoms with Gasteiger partial charge in [-0.25, -0.2) is 4.79 Å². The second kappa shape index (κ2) is 6.93. The number of ether oxygens (including phenoxy) is 2. The van der Waals surface area contributed by atoms with Crippen LogP contribution in [0.5, 0.6) is 0 Å². The number of carbonyl (C=O) groups is 2. The van der Waals surface area contributed by atoms with Crippen molar-refractivity contribution in [2.75, 3.05) is 34.3 Å². The van der Waals surface area contributed by atoms with Gasteiger partial charge in [-0.15, -0.1) is 0 Å². The molecule has 1 aliphatic heterocycles. The number of quaternary nitrogens is 1. The second-order valence-corrected chi connectivity index (χ2v) is 6.49. The SMILES string of the molecule is C[N+](C)(C)CC([O-])CC(=O)OC/C=C1\OC(=O)c2ccccc21. The molecular formula is C17H21NO5. The quantitative estimate of drug-likeness (QED) is 0.566. The fourth-order valence-corrected chi connectivity index (χ4v) is 2.37. The van der Waals surface area contributed by atoms with Crippen LogP contribution in [0.15, 0.2) is 30.3 Å². The molecule has 0 N–H and O–H groups in total. The van der Waals surface area contributed by atoms with Crippen LogP contribution in [0.25, 0.3) is 5.76 Å². The molecule has 23 heavy (non-hydrogen) atoms. The number of benzene rings is 1. The number of cyclic esters (lactones) is 1. The van der Waals surface area contributed by atoms with E-state index in [1.807, 2.05) is 21.1 Å². The zero-order valence-corrected chi connectivity index (χ0v) is 13.6. The van der Waals surface area contributed by atoms with Gasteiger partial charge in [0, 0.05) is 12.0 Å². The van der Waals surface area contributed by atoms with Gasteiger partial charge in [0.05, 0.1) is 33.3 Å². The van der Waals surface area contributed by atoms with Crippen LogP contribution in [0.4, 0.5) is 0 Å². The lowest BCUT2D eigenvalue weighted by atomic mass is 10.1. The minimum Gasteiger partial charge on any atom is -0.848 e. The van der Waals surface area contributed by atoms with Crippen LogP contribution >= 0.6 is 0 Å². The van der Waals surface area contributed by atoms with Crippen LogP contribution in [0, 0.1) is 0 Å². The Morgan fingerprint density at radius 1 is 1.30 bits per heavy atom. The van der Waals surface area contributed by atoms with Gasteiger partial charge in [0.1, 0.15) is 12.4 Å². The monoisotopic (exact) mass is 319 g/mol. The first kappa shape index (κ1) is 17.2. The number of hydrogen-bond acceptors (Lipinski definition) is 5. The van der Waals surface area contributed by atoms with E-state index in [2.05, 4.69) is 0 Å². The molecular weight excluding hydrogens is 298 g/mol. The number of rotatable bonds is 6. The Balaban J connectivity index is 1.86. The molecule has 0 fully saturated rings. The van der Waals surface area contributed by atoms with Crippen molar-refractivity contribution >= 4 is 17.7 Å². The van der Waals surface area contributed by atoms with E-state index in [0.717, 1.165) is 0 Å². The van der Waals surface area contributed by atoms with Crippen molar-refractivity contribution in [3.63, 3.8) is 0 Å². The molecule has 6 heteroatoms. The van der Waals surface area contributed by atoms with E-state index in [-0.39, 0.29) is 13.0 Å². The topological polar surface area (TPSA) is 75.7 Å². The second-order valence-electron chi connectivity index (χ2n) is 6.49. The van der Waals surface area contributed by atoms with Crippen LogP contribution < -0.4 is 5.11 Å². The first-order chi connectivity index (χ1) is 10.8. The lowest BCUT2D eigenvalue weighted by Gasteiger charge is -2.31. The van der Waals surface area contributed by atoms with E-state index in [0.29, 0.717) is 27.9 Å². The number of fused-ring (bicyclic) bond motifs is 1. The maximum Gasteiger partial charge on any atom is 0.344 e. The summed E-state index contributed by atoms with van der Waals surface area (Å²) in [4.78, 5) is 23.3. The minimum absolute atomic E-state index is 0.0348. The Morgan fingerprint density at radius 2 is 1.96 bits per heavy atom. The van der Waals surface area contributed by atoms with E-state index in [1.165, 1.54) is 6.08 Å². The smallest absolute Gasteiger partial charge is 0.344 e. The summed E-state index contributed by atoms with van der Waals surface area (Å²) in [5.41, 5.74) is 1.17. The third kappa shape index (κ3) is 4.91. The first-order valence-corrected chi connectivity index (χ1v) is 7.40. The number of nitrogens with zero attached hydrogens (tertiary/aromatic N) is 1. The van der Waals surface area contributed by atoms with Gasteiger partial charge < -0.3 is 19.1 Å². The number of hydrogen-bond donors (Lipinski definition) is 0. The fraction of sp³-hybridized carbons (Fsp3) is 0.412. The molecule has 2 rings (SSSR count). The molecule has 6 nitrogen and oxygen atoms in total. The average Bonchev–Trinajstić information content (AvgIpc) is 2.74. The van der Waals surface area contributed by atoms with Gasteiger partial charge in [0.25, 0.3) is 0 Å². The molecule has 0 amide bonds. The highest BCUT2D eigenvalue weighted by Crippen LogP contribution is 2.28. The Bertz CT molecular complexity index is 630. The van der Waals surface area contributed by atoms with Gasteiger partial charge in [0.15, 0.2) is 0 Å². The zero-order valence-electron chi connectivity index (χ0n) is 13.6. The van der Waals surface area contributed by atoms with Crippen LogP contribution in [0.3, 0.4) is 0 Å². The normalized spacial score (nSPS) is 16.9. The summed E-state index contributed by atoms with van der Waals surface area (Å²) in [6.45, 7) is 0.314. The molecule has 0 aliphatic carbocycles. The molecule has 0 spiro atoms. The van der Waals surface area contributed by atoms with Crippen LogP contribution in [-0.4, -0.2) is 56.8 Å². The van der Waals surface area contributed by atoms with Gasteiger partial charge in [-0.2, -0.15) is 0 Å². The Labute approximate surface area is 135 Å². The van der Waals surface area contributed by atoms with Crippen LogP contribution in [0.2, 0.25) is 0 Å². The van der Waals surface area contributed by atoms with Gasteiger partial charge >= 0.3 is 11.9 Å². The summed E-state index contributed by atoms with van der Waals surface area (Å²) < 4.78 is 10.7. The Hall–Kier alpha value is -2.18. The van der Waals surface area contributed by atoms with Crippen molar-refractivity contribution in [2.45, 2.75) is 12.5 Å². The summed E-state index contributed by atoms with van der Waals surface area (Å²) in [6.07, 6.45) is 0.358. The van der Waals surface area contributed by atoms with Crippen molar-refractivity contribution in [1.29, 1.82) is 0 Å². The molecule has 124 valence electrons. The third-order valence-electron chi connectivity index (χ3n) is 3.27. The summed E-state index contributed by atoms with van der Waals surface area (Å²) in [5.74, 6) is -0.586. The molecule has 1 aliphatic rings. The Kier molecular flexibility index (Phi) is 5.18. The maximum absolute atomic E-state index is 11.8. The molecule has 0 saturated heterocycles. The van der Waals surface area contributed by atoms with Crippen LogP contribution in [-0.2, 0) is 14.3 Å². The summed E-state index contributed by atoms with van der Waals surface area (Å²) in [6, 6.07) is 7.00. The molecule has 1 aromatic carbocycles.